The number of hydrogen-bond acceptors (Lipinski definition) is 7. The summed E-state index contributed by atoms with van der Waals surface area (Å²) in [4.78, 5) is 11.8. The van der Waals surface area contributed by atoms with Crippen molar-refractivity contribution in [1.29, 1.82) is 0 Å². The topological polar surface area (TPSA) is 95.5 Å². The van der Waals surface area contributed by atoms with Gasteiger partial charge in [-0.2, -0.15) is 0 Å². The van der Waals surface area contributed by atoms with Crippen LogP contribution in [0.3, 0.4) is 0 Å². The number of benzene rings is 1. The maximum absolute atomic E-state index is 11.8. The molecule has 0 saturated carbocycles. The van der Waals surface area contributed by atoms with Gasteiger partial charge in [-0.1, -0.05) is 12.1 Å². The molecule has 0 fully saturated rings. The van der Waals surface area contributed by atoms with Crippen molar-refractivity contribution in [1.82, 2.24) is 5.32 Å². The lowest BCUT2D eigenvalue weighted by atomic mass is 10.1. The molecule has 0 bridgehead atoms. The highest BCUT2D eigenvalue weighted by Crippen LogP contribution is 2.14. The Morgan fingerprint density at radius 1 is 1.00 bits per heavy atom. The lowest BCUT2D eigenvalue weighted by Gasteiger charge is -2.22. The molecule has 2 N–H and O–H groups in total. The third-order valence-electron chi connectivity index (χ3n) is 3.65. The van der Waals surface area contributed by atoms with Gasteiger partial charge < -0.3 is 34.1 Å². The number of rotatable bonds is 14. The summed E-state index contributed by atoms with van der Waals surface area (Å²) in [6.07, 6.45) is -0.0528. The van der Waals surface area contributed by atoms with E-state index in [1.807, 2.05) is 24.3 Å². The van der Waals surface area contributed by atoms with Gasteiger partial charge in [0.25, 0.3) is 0 Å². The first kappa shape index (κ1) is 25.2. The number of aliphatic hydroxyl groups excluding tert-OH is 1. The van der Waals surface area contributed by atoms with Crippen molar-refractivity contribution < 1.29 is 33.6 Å². The molecule has 0 aliphatic heterocycles. The van der Waals surface area contributed by atoms with E-state index in [1.165, 1.54) is 0 Å². The van der Waals surface area contributed by atoms with E-state index in [0.717, 1.165) is 11.3 Å². The van der Waals surface area contributed by atoms with Crippen LogP contribution in [0, 0.1) is 0 Å². The molecule has 0 radical (unpaired) electrons. The second-order valence-electron chi connectivity index (χ2n) is 7.44. The molecule has 8 nitrogen and oxygen atoms in total. The highest BCUT2D eigenvalue weighted by atomic mass is 16.6. The van der Waals surface area contributed by atoms with Gasteiger partial charge in [0.15, 0.2) is 0 Å². The Hall–Kier alpha value is -1.87. The number of aliphatic hydroxyl groups is 1. The third kappa shape index (κ3) is 13.1. The summed E-state index contributed by atoms with van der Waals surface area (Å²) < 4.78 is 26.5. The Morgan fingerprint density at radius 2 is 1.59 bits per heavy atom. The minimum absolute atomic E-state index is 0.177. The van der Waals surface area contributed by atoms with Crippen molar-refractivity contribution in [2.24, 2.45) is 0 Å². The van der Waals surface area contributed by atoms with E-state index in [9.17, 15) is 9.90 Å². The first-order valence-corrected chi connectivity index (χ1v) is 9.80. The fraction of sp³-hybridized carbons (Fsp3) is 0.667. The molecule has 0 unspecified atom stereocenters. The largest absolute Gasteiger partial charge is 0.491 e. The Morgan fingerprint density at radius 3 is 2.14 bits per heavy atom. The molecule has 0 spiro atoms. The van der Waals surface area contributed by atoms with E-state index >= 15 is 0 Å². The number of ether oxygens (including phenoxy) is 5. The van der Waals surface area contributed by atoms with Gasteiger partial charge in [0.1, 0.15) is 18.0 Å². The van der Waals surface area contributed by atoms with Crippen LogP contribution in [0.2, 0.25) is 0 Å². The maximum Gasteiger partial charge on any atom is 0.407 e. The minimum Gasteiger partial charge on any atom is -0.491 e. The Labute approximate surface area is 173 Å². The first-order chi connectivity index (χ1) is 13.8. The Kier molecular flexibility index (Phi) is 12.3. The monoisotopic (exact) mass is 413 g/mol. The number of hydrogen-bond donors (Lipinski definition) is 2. The standard InChI is InChI=1S/C21H35NO7/c1-21(2,3)29-20(24)22-18(16-23)15-17-5-7-19(8-6-17)28-14-13-27-12-11-26-10-9-25-4/h5-8,18,23H,9-16H2,1-4H3,(H,22,24)/t18-/m1/s1. The fourth-order valence-electron chi connectivity index (χ4n) is 2.32. The van der Waals surface area contributed by atoms with Gasteiger partial charge >= 0.3 is 6.09 Å². The molecule has 1 atom stereocenters. The van der Waals surface area contributed by atoms with Crippen molar-refractivity contribution in [3.05, 3.63) is 29.8 Å². The van der Waals surface area contributed by atoms with Crippen molar-refractivity contribution in [3.63, 3.8) is 0 Å². The van der Waals surface area contributed by atoms with E-state index in [-0.39, 0.29) is 6.61 Å². The van der Waals surface area contributed by atoms with E-state index < -0.39 is 17.7 Å². The van der Waals surface area contributed by atoms with Crippen LogP contribution in [-0.2, 0) is 25.4 Å². The van der Waals surface area contributed by atoms with Crippen LogP contribution in [0.5, 0.6) is 5.75 Å². The number of amides is 1. The Bertz CT molecular complexity index is 557. The van der Waals surface area contributed by atoms with Crippen LogP contribution in [0.4, 0.5) is 4.79 Å². The highest BCUT2D eigenvalue weighted by molar-refractivity contribution is 5.68. The molecule has 29 heavy (non-hydrogen) atoms. The van der Waals surface area contributed by atoms with E-state index in [0.29, 0.717) is 46.1 Å². The fourth-order valence-corrected chi connectivity index (χ4v) is 2.32. The molecule has 1 rings (SSSR count). The van der Waals surface area contributed by atoms with Crippen molar-refractivity contribution in [2.75, 3.05) is 53.4 Å². The van der Waals surface area contributed by atoms with Gasteiger partial charge in [-0.25, -0.2) is 4.79 Å². The van der Waals surface area contributed by atoms with Gasteiger partial charge in [-0.05, 0) is 44.9 Å². The zero-order valence-electron chi connectivity index (χ0n) is 17.9. The summed E-state index contributed by atoms with van der Waals surface area (Å²) >= 11 is 0. The number of carbonyl (C=O) groups is 1. The predicted molar refractivity (Wildman–Crippen MR) is 109 cm³/mol. The molecule has 0 heterocycles. The molecule has 0 aliphatic rings. The first-order valence-electron chi connectivity index (χ1n) is 9.80. The van der Waals surface area contributed by atoms with E-state index in [1.54, 1.807) is 27.9 Å². The average Bonchev–Trinajstić information content (AvgIpc) is 2.66. The smallest absolute Gasteiger partial charge is 0.407 e. The minimum atomic E-state index is -0.580. The summed E-state index contributed by atoms with van der Waals surface area (Å²) in [6, 6.07) is 7.09. The summed E-state index contributed by atoms with van der Waals surface area (Å²) in [5.41, 5.74) is 0.390. The molecule has 166 valence electrons. The molecule has 0 saturated heterocycles. The second-order valence-corrected chi connectivity index (χ2v) is 7.44. The van der Waals surface area contributed by atoms with Crippen LogP contribution in [0.25, 0.3) is 0 Å². The van der Waals surface area contributed by atoms with E-state index in [4.69, 9.17) is 23.7 Å². The third-order valence-corrected chi connectivity index (χ3v) is 3.65. The normalized spacial score (nSPS) is 12.4. The summed E-state index contributed by atoms with van der Waals surface area (Å²) in [6.45, 7) is 8.30. The van der Waals surface area contributed by atoms with Crippen molar-refractivity contribution in [2.45, 2.75) is 38.8 Å². The van der Waals surface area contributed by atoms with Crippen LogP contribution in [0.15, 0.2) is 24.3 Å². The van der Waals surface area contributed by atoms with Gasteiger partial charge in [0.2, 0.25) is 0 Å². The Balaban J connectivity index is 2.26. The molecule has 0 aromatic heterocycles. The van der Waals surface area contributed by atoms with Gasteiger partial charge in [-0.3, -0.25) is 0 Å². The predicted octanol–water partition coefficient (Wildman–Crippen LogP) is 2.17. The summed E-state index contributed by atoms with van der Waals surface area (Å²) in [7, 11) is 1.63. The molecule has 0 aliphatic carbocycles. The lowest BCUT2D eigenvalue weighted by Crippen LogP contribution is -2.42. The van der Waals surface area contributed by atoms with Gasteiger partial charge in [-0.15, -0.1) is 0 Å². The molecule has 1 amide bonds. The summed E-state index contributed by atoms with van der Waals surface area (Å²) in [5, 5.41) is 12.2. The van der Waals surface area contributed by atoms with Crippen LogP contribution < -0.4 is 10.1 Å². The van der Waals surface area contributed by atoms with Crippen LogP contribution in [0.1, 0.15) is 26.3 Å². The molecule has 8 heteroatoms. The van der Waals surface area contributed by atoms with E-state index in [2.05, 4.69) is 5.32 Å². The van der Waals surface area contributed by atoms with Crippen molar-refractivity contribution >= 4 is 6.09 Å². The highest BCUT2D eigenvalue weighted by Gasteiger charge is 2.19. The number of methoxy groups -OCH3 is 1. The number of alkyl carbamates (subject to hydrolysis) is 1. The number of nitrogens with one attached hydrogen (secondary N) is 1. The zero-order valence-corrected chi connectivity index (χ0v) is 17.9. The van der Waals surface area contributed by atoms with Crippen LogP contribution >= 0.6 is 0 Å². The molecule has 1 aromatic carbocycles. The van der Waals surface area contributed by atoms with Crippen molar-refractivity contribution in [3.8, 4) is 5.75 Å². The lowest BCUT2D eigenvalue weighted by molar-refractivity contribution is 0.0180. The zero-order chi connectivity index (χ0) is 21.5. The SMILES string of the molecule is COCCOCCOCCOc1ccc(C[C@H](CO)NC(=O)OC(C)(C)C)cc1. The molecular formula is C21H35NO7. The molecule has 1 aromatic rings. The van der Waals surface area contributed by atoms with Gasteiger partial charge in [0, 0.05) is 7.11 Å². The maximum atomic E-state index is 11.8. The van der Waals surface area contributed by atoms with Gasteiger partial charge in [0.05, 0.1) is 45.7 Å². The average molecular weight is 414 g/mol. The molecular weight excluding hydrogens is 378 g/mol. The number of carbonyl (C=O) groups excluding carboxylic acids is 1. The second kappa shape index (κ2) is 14.2. The van der Waals surface area contributed by atoms with Crippen LogP contribution in [-0.4, -0.2) is 76.2 Å². The summed E-state index contributed by atoms with van der Waals surface area (Å²) in [5.74, 6) is 0.731. The quantitative estimate of drug-likeness (QED) is 0.451.